The van der Waals surface area contributed by atoms with Crippen molar-refractivity contribution in [1.82, 2.24) is 9.97 Å². The topological polar surface area (TPSA) is 85.4 Å². The number of benzene rings is 2. The third kappa shape index (κ3) is 5.20. The Labute approximate surface area is 163 Å². The molecule has 1 heterocycles. The summed E-state index contributed by atoms with van der Waals surface area (Å²) in [6, 6.07) is 16.4. The standard InChI is InChI=1S/C21H22N4O3/c1-3-27-18-11-9-17(10-12-18)24-21-22-14-13-19(25-21)23-16-7-5-15(6-8-16)20(26)28-4-2/h5-14H,3-4H2,1-2H3,(H2,22,23,24,25). The molecule has 0 bridgehead atoms. The summed E-state index contributed by atoms with van der Waals surface area (Å²) in [5.41, 5.74) is 2.17. The summed E-state index contributed by atoms with van der Waals surface area (Å²) in [4.78, 5) is 20.4. The van der Waals surface area contributed by atoms with Crippen molar-refractivity contribution in [3.05, 3.63) is 66.4 Å². The van der Waals surface area contributed by atoms with Crippen molar-refractivity contribution in [1.29, 1.82) is 0 Å². The summed E-state index contributed by atoms with van der Waals surface area (Å²) >= 11 is 0. The molecule has 0 unspecified atom stereocenters. The number of hydrogen-bond acceptors (Lipinski definition) is 7. The first-order valence-corrected chi connectivity index (χ1v) is 9.05. The van der Waals surface area contributed by atoms with Crippen molar-refractivity contribution in [2.24, 2.45) is 0 Å². The van der Waals surface area contributed by atoms with Crippen LogP contribution in [0.2, 0.25) is 0 Å². The van der Waals surface area contributed by atoms with Crippen LogP contribution in [-0.2, 0) is 4.74 Å². The zero-order valence-corrected chi connectivity index (χ0v) is 15.8. The van der Waals surface area contributed by atoms with Crippen LogP contribution in [-0.4, -0.2) is 29.2 Å². The van der Waals surface area contributed by atoms with E-state index in [2.05, 4.69) is 20.6 Å². The quantitative estimate of drug-likeness (QED) is 0.557. The highest BCUT2D eigenvalue weighted by molar-refractivity contribution is 5.89. The molecule has 2 N–H and O–H groups in total. The van der Waals surface area contributed by atoms with Gasteiger partial charge in [-0.2, -0.15) is 4.98 Å². The molecule has 7 nitrogen and oxygen atoms in total. The van der Waals surface area contributed by atoms with Crippen molar-refractivity contribution in [2.45, 2.75) is 13.8 Å². The van der Waals surface area contributed by atoms with Crippen LogP contribution in [0, 0.1) is 0 Å². The number of anilines is 4. The lowest BCUT2D eigenvalue weighted by Crippen LogP contribution is -2.04. The van der Waals surface area contributed by atoms with Crippen molar-refractivity contribution in [3.63, 3.8) is 0 Å². The van der Waals surface area contributed by atoms with Gasteiger partial charge in [0.25, 0.3) is 0 Å². The summed E-state index contributed by atoms with van der Waals surface area (Å²) in [7, 11) is 0. The van der Waals surface area contributed by atoms with E-state index in [1.54, 1.807) is 43.5 Å². The Bertz CT molecular complexity index is 912. The minimum atomic E-state index is -0.335. The molecule has 0 saturated carbocycles. The number of nitrogens with zero attached hydrogens (tertiary/aromatic N) is 2. The van der Waals surface area contributed by atoms with Crippen LogP contribution in [0.1, 0.15) is 24.2 Å². The maximum Gasteiger partial charge on any atom is 0.338 e. The van der Waals surface area contributed by atoms with Gasteiger partial charge in [0, 0.05) is 17.6 Å². The number of carbonyl (C=O) groups is 1. The van der Waals surface area contributed by atoms with Crippen LogP contribution in [0.15, 0.2) is 60.8 Å². The molecule has 0 atom stereocenters. The Morgan fingerprint density at radius 3 is 2.25 bits per heavy atom. The highest BCUT2D eigenvalue weighted by Gasteiger charge is 2.06. The van der Waals surface area contributed by atoms with E-state index in [0.29, 0.717) is 30.5 Å². The first kappa shape index (κ1) is 19.2. The number of aromatic nitrogens is 2. The Morgan fingerprint density at radius 1 is 0.893 bits per heavy atom. The fraction of sp³-hybridized carbons (Fsp3) is 0.190. The fourth-order valence-electron chi connectivity index (χ4n) is 2.47. The summed E-state index contributed by atoms with van der Waals surface area (Å²) in [5.74, 6) is 1.58. The van der Waals surface area contributed by atoms with Crippen LogP contribution in [0.5, 0.6) is 5.75 Å². The van der Waals surface area contributed by atoms with Gasteiger partial charge in [-0.15, -0.1) is 0 Å². The molecule has 3 rings (SSSR count). The van der Waals surface area contributed by atoms with Gasteiger partial charge >= 0.3 is 5.97 Å². The molecule has 3 aromatic rings. The van der Waals surface area contributed by atoms with Crippen LogP contribution in [0.3, 0.4) is 0 Å². The lowest BCUT2D eigenvalue weighted by molar-refractivity contribution is 0.0526. The molecule has 0 aliphatic heterocycles. The first-order chi connectivity index (χ1) is 13.7. The van der Waals surface area contributed by atoms with Crippen molar-refractivity contribution in [3.8, 4) is 5.75 Å². The van der Waals surface area contributed by atoms with Gasteiger partial charge in [0.15, 0.2) is 0 Å². The second kappa shape index (κ2) is 9.36. The zero-order valence-electron chi connectivity index (χ0n) is 15.8. The second-order valence-electron chi connectivity index (χ2n) is 5.77. The molecule has 7 heteroatoms. The summed E-state index contributed by atoms with van der Waals surface area (Å²) in [6.07, 6.45) is 1.67. The first-order valence-electron chi connectivity index (χ1n) is 9.05. The number of esters is 1. The van der Waals surface area contributed by atoms with E-state index in [4.69, 9.17) is 9.47 Å². The van der Waals surface area contributed by atoms with E-state index in [0.717, 1.165) is 17.1 Å². The Balaban J connectivity index is 1.65. The van der Waals surface area contributed by atoms with E-state index in [1.807, 2.05) is 31.2 Å². The summed E-state index contributed by atoms with van der Waals surface area (Å²) < 4.78 is 10.4. The van der Waals surface area contributed by atoms with Gasteiger partial charge in [-0.3, -0.25) is 0 Å². The molecule has 0 aliphatic carbocycles. The number of hydrogen-bond donors (Lipinski definition) is 2. The summed E-state index contributed by atoms with van der Waals surface area (Å²) in [5, 5.41) is 6.35. The number of carbonyl (C=O) groups excluding carboxylic acids is 1. The molecule has 0 fully saturated rings. The van der Waals surface area contributed by atoms with E-state index < -0.39 is 0 Å². The van der Waals surface area contributed by atoms with E-state index in [9.17, 15) is 4.79 Å². The predicted molar refractivity (Wildman–Crippen MR) is 109 cm³/mol. The SMILES string of the molecule is CCOC(=O)c1ccc(Nc2ccnc(Nc3ccc(OCC)cc3)n2)cc1. The molecule has 2 aromatic carbocycles. The van der Waals surface area contributed by atoms with Gasteiger partial charge in [-0.25, -0.2) is 9.78 Å². The molecule has 0 aliphatic rings. The van der Waals surface area contributed by atoms with Crippen LogP contribution in [0.4, 0.5) is 23.1 Å². The molecule has 144 valence electrons. The van der Waals surface area contributed by atoms with Gasteiger partial charge in [-0.05, 0) is 68.4 Å². The second-order valence-corrected chi connectivity index (χ2v) is 5.77. The smallest absolute Gasteiger partial charge is 0.338 e. The highest BCUT2D eigenvalue weighted by atomic mass is 16.5. The zero-order chi connectivity index (χ0) is 19.8. The molecular weight excluding hydrogens is 356 g/mol. The van der Waals surface area contributed by atoms with E-state index >= 15 is 0 Å². The summed E-state index contributed by atoms with van der Waals surface area (Å²) in [6.45, 7) is 4.71. The lowest BCUT2D eigenvalue weighted by Gasteiger charge is -2.09. The van der Waals surface area contributed by atoms with Crippen molar-refractivity contribution < 1.29 is 14.3 Å². The predicted octanol–water partition coefficient (Wildman–Crippen LogP) is 4.54. The van der Waals surface area contributed by atoms with Gasteiger partial charge in [-0.1, -0.05) is 0 Å². The lowest BCUT2D eigenvalue weighted by atomic mass is 10.2. The molecule has 28 heavy (non-hydrogen) atoms. The monoisotopic (exact) mass is 378 g/mol. The highest BCUT2D eigenvalue weighted by Crippen LogP contribution is 2.20. The van der Waals surface area contributed by atoms with Gasteiger partial charge in [0.05, 0.1) is 18.8 Å². The van der Waals surface area contributed by atoms with Gasteiger partial charge in [0.1, 0.15) is 11.6 Å². The minimum Gasteiger partial charge on any atom is -0.494 e. The minimum absolute atomic E-state index is 0.335. The molecule has 0 radical (unpaired) electrons. The number of rotatable bonds is 8. The van der Waals surface area contributed by atoms with Crippen LogP contribution >= 0.6 is 0 Å². The maximum atomic E-state index is 11.7. The fourth-order valence-corrected chi connectivity index (χ4v) is 2.47. The van der Waals surface area contributed by atoms with Crippen molar-refractivity contribution >= 4 is 29.1 Å². The third-order valence-corrected chi connectivity index (χ3v) is 3.75. The Hall–Kier alpha value is -3.61. The van der Waals surface area contributed by atoms with E-state index in [1.165, 1.54) is 0 Å². The Morgan fingerprint density at radius 2 is 1.57 bits per heavy atom. The van der Waals surface area contributed by atoms with Crippen LogP contribution in [0.25, 0.3) is 0 Å². The Kier molecular flexibility index (Phi) is 6.41. The molecule has 0 amide bonds. The van der Waals surface area contributed by atoms with Crippen molar-refractivity contribution in [2.75, 3.05) is 23.8 Å². The van der Waals surface area contributed by atoms with Crippen LogP contribution < -0.4 is 15.4 Å². The molecule has 1 aromatic heterocycles. The maximum absolute atomic E-state index is 11.7. The average Bonchev–Trinajstić information content (AvgIpc) is 2.71. The van der Waals surface area contributed by atoms with Gasteiger partial charge < -0.3 is 20.1 Å². The molecule has 0 saturated heterocycles. The third-order valence-electron chi connectivity index (χ3n) is 3.75. The average molecular weight is 378 g/mol. The number of ether oxygens (including phenoxy) is 2. The molecule has 0 spiro atoms. The molecular formula is C21H22N4O3. The van der Waals surface area contributed by atoms with Gasteiger partial charge in [0.2, 0.25) is 5.95 Å². The number of nitrogens with one attached hydrogen (secondary N) is 2. The normalized spacial score (nSPS) is 10.2. The van der Waals surface area contributed by atoms with E-state index in [-0.39, 0.29) is 5.97 Å². The largest absolute Gasteiger partial charge is 0.494 e.